The van der Waals surface area contributed by atoms with Crippen molar-refractivity contribution in [1.82, 2.24) is 19.4 Å². The van der Waals surface area contributed by atoms with Crippen molar-refractivity contribution in [1.29, 1.82) is 0 Å². The number of carbonyl (C=O) groups is 1. The lowest BCUT2D eigenvalue weighted by molar-refractivity contribution is -0.129. The number of rotatable bonds is 11. The van der Waals surface area contributed by atoms with Crippen LogP contribution < -0.4 is 5.56 Å². The number of amides is 1. The van der Waals surface area contributed by atoms with Crippen molar-refractivity contribution in [2.45, 2.75) is 50.7 Å². The molecule has 1 atom stereocenters. The third kappa shape index (κ3) is 6.45. The first-order valence-corrected chi connectivity index (χ1v) is 12.6. The lowest BCUT2D eigenvalue weighted by Crippen LogP contribution is -2.34. The van der Waals surface area contributed by atoms with E-state index in [4.69, 9.17) is 4.98 Å². The summed E-state index contributed by atoms with van der Waals surface area (Å²) >= 11 is 1.29. The standard InChI is InChI=1S/C26H33FN4O2S/c1-5-30(6-2)15-10-16-31-25(33)22-13-7-8-14-23(22)28-26(31)34-19(3)24(32)29(4)18-20-11-9-12-21(27)17-20/h7-9,11-14,17,19H,5-6,10,15-16,18H2,1-4H3. The van der Waals surface area contributed by atoms with E-state index in [1.54, 1.807) is 34.7 Å². The van der Waals surface area contributed by atoms with E-state index in [2.05, 4.69) is 18.7 Å². The Morgan fingerprint density at radius 2 is 1.88 bits per heavy atom. The molecule has 0 N–H and O–H groups in total. The van der Waals surface area contributed by atoms with Crippen molar-refractivity contribution < 1.29 is 9.18 Å². The van der Waals surface area contributed by atoms with Crippen LogP contribution in [0.4, 0.5) is 4.39 Å². The fourth-order valence-corrected chi connectivity index (χ4v) is 4.98. The van der Waals surface area contributed by atoms with Gasteiger partial charge in [0.05, 0.1) is 16.2 Å². The smallest absolute Gasteiger partial charge is 0.262 e. The minimum atomic E-state index is -0.458. The van der Waals surface area contributed by atoms with E-state index in [9.17, 15) is 14.0 Å². The highest BCUT2D eigenvalue weighted by atomic mass is 32.2. The first-order valence-electron chi connectivity index (χ1n) is 11.7. The van der Waals surface area contributed by atoms with Crippen LogP contribution >= 0.6 is 11.8 Å². The van der Waals surface area contributed by atoms with Crippen LogP contribution in [0, 0.1) is 5.82 Å². The van der Waals surface area contributed by atoms with Gasteiger partial charge in [-0.25, -0.2) is 9.37 Å². The fourth-order valence-electron chi connectivity index (χ4n) is 3.93. The Balaban J connectivity index is 1.80. The highest BCUT2D eigenvalue weighted by Crippen LogP contribution is 2.24. The van der Waals surface area contributed by atoms with Gasteiger partial charge in [0.2, 0.25) is 5.91 Å². The van der Waals surface area contributed by atoms with Crippen molar-refractivity contribution in [3.05, 3.63) is 70.3 Å². The molecule has 0 saturated carbocycles. The second kappa shape index (κ2) is 12.1. The summed E-state index contributed by atoms with van der Waals surface area (Å²) in [6, 6.07) is 13.6. The zero-order chi connectivity index (χ0) is 24.7. The van der Waals surface area contributed by atoms with Gasteiger partial charge in [-0.15, -0.1) is 0 Å². The second-order valence-electron chi connectivity index (χ2n) is 8.33. The van der Waals surface area contributed by atoms with E-state index in [1.807, 2.05) is 25.1 Å². The maximum Gasteiger partial charge on any atom is 0.262 e. The molecule has 34 heavy (non-hydrogen) atoms. The molecule has 0 fully saturated rings. The number of hydrogen-bond acceptors (Lipinski definition) is 5. The number of halogens is 1. The van der Waals surface area contributed by atoms with Crippen LogP contribution in [0.15, 0.2) is 58.5 Å². The maximum absolute atomic E-state index is 13.5. The summed E-state index contributed by atoms with van der Waals surface area (Å²) in [5.74, 6) is -0.429. The van der Waals surface area contributed by atoms with Crippen LogP contribution in [0.2, 0.25) is 0 Å². The molecule has 1 aromatic heterocycles. The van der Waals surface area contributed by atoms with Gasteiger partial charge in [-0.2, -0.15) is 0 Å². The van der Waals surface area contributed by atoms with Crippen LogP contribution in [-0.4, -0.2) is 57.2 Å². The minimum absolute atomic E-state index is 0.0830. The molecule has 0 aliphatic rings. The fraction of sp³-hybridized carbons (Fsp3) is 0.423. The highest BCUT2D eigenvalue weighted by molar-refractivity contribution is 8.00. The van der Waals surface area contributed by atoms with Crippen molar-refractivity contribution >= 4 is 28.6 Å². The Morgan fingerprint density at radius 1 is 1.15 bits per heavy atom. The molecule has 0 aliphatic heterocycles. The molecule has 0 saturated heterocycles. The Bertz CT molecular complexity index is 1180. The molecule has 0 spiro atoms. The Hall–Kier alpha value is -2.71. The molecule has 0 aliphatic carbocycles. The van der Waals surface area contributed by atoms with Gasteiger partial charge < -0.3 is 9.80 Å². The number of nitrogens with zero attached hydrogens (tertiary/aromatic N) is 4. The van der Waals surface area contributed by atoms with E-state index < -0.39 is 5.25 Å². The van der Waals surface area contributed by atoms with E-state index in [0.717, 1.165) is 31.6 Å². The summed E-state index contributed by atoms with van der Waals surface area (Å²) in [6.45, 7) is 9.74. The van der Waals surface area contributed by atoms with Gasteiger partial charge in [0.1, 0.15) is 5.82 Å². The third-order valence-electron chi connectivity index (χ3n) is 5.89. The van der Waals surface area contributed by atoms with E-state index in [-0.39, 0.29) is 17.3 Å². The molecule has 182 valence electrons. The monoisotopic (exact) mass is 484 g/mol. The van der Waals surface area contributed by atoms with Gasteiger partial charge in [-0.05, 0) is 62.8 Å². The number of fused-ring (bicyclic) bond motifs is 1. The number of benzene rings is 2. The largest absolute Gasteiger partial charge is 0.340 e. The number of para-hydroxylation sites is 1. The quantitative estimate of drug-likeness (QED) is 0.298. The first-order chi connectivity index (χ1) is 16.3. The highest BCUT2D eigenvalue weighted by Gasteiger charge is 2.22. The van der Waals surface area contributed by atoms with Crippen LogP contribution in [0.3, 0.4) is 0 Å². The number of hydrogen-bond donors (Lipinski definition) is 0. The van der Waals surface area contributed by atoms with Gasteiger partial charge >= 0.3 is 0 Å². The number of aromatic nitrogens is 2. The van der Waals surface area contributed by atoms with Crippen molar-refractivity contribution in [2.24, 2.45) is 0 Å². The second-order valence-corrected chi connectivity index (χ2v) is 9.64. The van der Waals surface area contributed by atoms with Crippen LogP contribution in [-0.2, 0) is 17.9 Å². The first kappa shape index (κ1) is 25.9. The topological polar surface area (TPSA) is 58.4 Å². The van der Waals surface area contributed by atoms with Gasteiger partial charge in [-0.1, -0.05) is 49.9 Å². The predicted molar refractivity (Wildman–Crippen MR) is 137 cm³/mol. The predicted octanol–water partition coefficient (Wildman–Crippen LogP) is 4.41. The van der Waals surface area contributed by atoms with E-state index in [0.29, 0.717) is 29.1 Å². The molecule has 1 heterocycles. The number of thioether (sulfide) groups is 1. The van der Waals surface area contributed by atoms with Gasteiger partial charge in [-0.3, -0.25) is 14.2 Å². The molecule has 1 unspecified atom stereocenters. The molecular formula is C26H33FN4O2S. The van der Waals surface area contributed by atoms with Crippen molar-refractivity contribution in [2.75, 3.05) is 26.7 Å². The van der Waals surface area contributed by atoms with Crippen LogP contribution in [0.1, 0.15) is 32.8 Å². The molecule has 2 aromatic carbocycles. The van der Waals surface area contributed by atoms with Gasteiger partial charge in [0.25, 0.3) is 5.56 Å². The van der Waals surface area contributed by atoms with E-state index >= 15 is 0 Å². The summed E-state index contributed by atoms with van der Waals surface area (Å²) in [5.41, 5.74) is 1.27. The van der Waals surface area contributed by atoms with Gasteiger partial charge in [0, 0.05) is 20.1 Å². The Kier molecular flexibility index (Phi) is 9.24. The minimum Gasteiger partial charge on any atom is -0.340 e. The summed E-state index contributed by atoms with van der Waals surface area (Å²) in [6.07, 6.45) is 0.816. The molecule has 0 radical (unpaired) electrons. The Labute approximate surface area is 204 Å². The maximum atomic E-state index is 13.5. The number of carbonyl (C=O) groups excluding carboxylic acids is 1. The lowest BCUT2D eigenvalue weighted by Gasteiger charge is -2.22. The third-order valence-corrected chi connectivity index (χ3v) is 6.97. The molecule has 3 aromatic rings. The van der Waals surface area contributed by atoms with Crippen LogP contribution in [0.5, 0.6) is 0 Å². The molecule has 6 nitrogen and oxygen atoms in total. The average molecular weight is 485 g/mol. The summed E-state index contributed by atoms with van der Waals surface area (Å²) < 4.78 is 15.2. The Morgan fingerprint density at radius 3 is 2.59 bits per heavy atom. The van der Waals surface area contributed by atoms with Crippen LogP contribution in [0.25, 0.3) is 10.9 Å². The summed E-state index contributed by atoms with van der Waals surface area (Å²) in [4.78, 5) is 35.0. The normalized spacial score (nSPS) is 12.3. The molecule has 3 rings (SSSR count). The van der Waals surface area contributed by atoms with E-state index in [1.165, 1.54) is 23.9 Å². The molecule has 8 heteroatoms. The van der Waals surface area contributed by atoms with Gasteiger partial charge in [0.15, 0.2) is 5.16 Å². The lowest BCUT2D eigenvalue weighted by atomic mass is 10.2. The van der Waals surface area contributed by atoms with Crippen molar-refractivity contribution in [3.63, 3.8) is 0 Å². The SMILES string of the molecule is CCN(CC)CCCn1c(SC(C)C(=O)N(C)Cc2cccc(F)c2)nc2ccccc2c1=O. The zero-order valence-electron chi connectivity index (χ0n) is 20.3. The molecular weight excluding hydrogens is 451 g/mol. The summed E-state index contributed by atoms with van der Waals surface area (Å²) in [7, 11) is 1.70. The molecule has 0 bridgehead atoms. The summed E-state index contributed by atoms with van der Waals surface area (Å²) in [5, 5.41) is 0.667. The molecule has 1 amide bonds. The van der Waals surface area contributed by atoms with Crippen molar-refractivity contribution in [3.8, 4) is 0 Å². The average Bonchev–Trinajstić information content (AvgIpc) is 2.83. The zero-order valence-corrected chi connectivity index (χ0v) is 21.1.